The fourth-order valence-electron chi connectivity index (χ4n) is 2.21. The van der Waals surface area contributed by atoms with Crippen molar-refractivity contribution in [3.8, 4) is 5.75 Å². The lowest BCUT2D eigenvalue weighted by Crippen LogP contribution is -2.33. The summed E-state index contributed by atoms with van der Waals surface area (Å²) in [4.78, 5) is 4.56. The molecule has 1 aromatic heterocycles. The molecule has 0 radical (unpaired) electrons. The Hall–Kier alpha value is -1.39. The van der Waals surface area contributed by atoms with Gasteiger partial charge in [0, 0.05) is 17.8 Å². The molecule has 2 aromatic rings. The van der Waals surface area contributed by atoms with Crippen LogP contribution >= 0.6 is 11.3 Å². The van der Waals surface area contributed by atoms with Crippen molar-refractivity contribution in [2.45, 2.75) is 39.2 Å². The van der Waals surface area contributed by atoms with Crippen LogP contribution in [0.2, 0.25) is 0 Å². The molecule has 0 bridgehead atoms. The Morgan fingerprint density at radius 3 is 2.76 bits per heavy atom. The maximum atomic E-state index is 5.80. The van der Waals surface area contributed by atoms with Gasteiger partial charge in [-0.3, -0.25) is 0 Å². The van der Waals surface area contributed by atoms with Crippen LogP contribution in [0.1, 0.15) is 30.5 Å². The van der Waals surface area contributed by atoms with Crippen LogP contribution in [-0.2, 0) is 6.42 Å². The van der Waals surface area contributed by atoms with E-state index >= 15 is 0 Å². The summed E-state index contributed by atoms with van der Waals surface area (Å²) >= 11 is 1.72. The summed E-state index contributed by atoms with van der Waals surface area (Å²) in [5.74, 6) is 0.941. The van der Waals surface area contributed by atoms with Crippen LogP contribution in [0.4, 0.5) is 0 Å². The number of hydrogen-bond acceptors (Lipinski definition) is 4. The fraction of sp³-hybridized carbons (Fsp3) is 0.471. The summed E-state index contributed by atoms with van der Waals surface area (Å²) in [5, 5.41) is 6.90. The number of nitrogens with one attached hydrogen (secondary N) is 1. The quantitative estimate of drug-likeness (QED) is 0.764. The zero-order valence-corrected chi connectivity index (χ0v) is 13.7. The molecule has 21 heavy (non-hydrogen) atoms. The highest BCUT2D eigenvalue weighted by Crippen LogP contribution is 2.13. The first-order valence-corrected chi connectivity index (χ1v) is 8.48. The molecule has 0 amide bonds. The van der Waals surface area contributed by atoms with E-state index in [1.54, 1.807) is 11.3 Å². The lowest BCUT2D eigenvalue weighted by molar-refractivity contribution is 0.284. The second-order valence-electron chi connectivity index (χ2n) is 5.16. The molecule has 0 aliphatic rings. The fourth-order valence-corrected chi connectivity index (χ4v) is 2.84. The zero-order valence-electron chi connectivity index (χ0n) is 12.8. The Bertz CT molecular complexity index is 513. The van der Waals surface area contributed by atoms with E-state index in [0.717, 1.165) is 43.2 Å². The highest BCUT2D eigenvalue weighted by atomic mass is 32.1. The summed E-state index contributed by atoms with van der Waals surface area (Å²) in [5.41, 5.74) is 1.19. The van der Waals surface area contributed by atoms with Crippen LogP contribution in [0.3, 0.4) is 0 Å². The third kappa shape index (κ3) is 5.86. The van der Waals surface area contributed by atoms with Crippen LogP contribution in [0.15, 0.2) is 35.7 Å². The Labute approximate surface area is 131 Å². The molecule has 4 heteroatoms. The van der Waals surface area contributed by atoms with Crippen molar-refractivity contribution in [2.75, 3.05) is 13.2 Å². The normalized spacial score (nSPS) is 12.3. The van der Waals surface area contributed by atoms with Crippen molar-refractivity contribution in [2.24, 2.45) is 0 Å². The molecule has 3 nitrogen and oxygen atoms in total. The molecule has 0 fully saturated rings. The van der Waals surface area contributed by atoms with Gasteiger partial charge in [0.1, 0.15) is 5.75 Å². The van der Waals surface area contributed by atoms with E-state index in [9.17, 15) is 0 Å². The van der Waals surface area contributed by atoms with E-state index in [-0.39, 0.29) is 0 Å². The summed E-state index contributed by atoms with van der Waals surface area (Å²) in [6.45, 7) is 6.02. The van der Waals surface area contributed by atoms with Crippen molar-refractivity contribution in [1.29, 1.82) is 0 Å². The summed E-state index contributed by atoms with van der Waals surface area (Å²) in [6, 6.07) is 10.4. The molecule has 2 rings (SSSR count). The Morgan fingerprint density at radius 1 is 1.29 bits per heavy atom. The molecule has 0 aliphatic heterocycles. The molecular weight excluding hydrogens is 280 g/mol. The molecule has 1 N–H and O–H groups in total. The first-order valence-electron chi connectivity index (χ1n) is 7.60. The van der Waals surface area contributed by atoms with Gasteiger partial charge in [-0.15, -0.1) is 11.3 Å². The van der Waals surface area contributed by atoms with Gasteiger partial charge in [0.15, 0.2) is 0 Å². The van der Waals surface area contributed by atoms with Crippen LogP contribution in [0.25, 0.3) is 0 Å². The predicted molar refractivity (Wildman–Crippen MR) is 89.2 cm³/mol. The van der Waals surface area contributed by atoms with Gasteiger partial charge in [-0.1, -0.05) is 25.1 Å². The summed E-state index contributed by atoms with van der Waals surface area (Å²) in [6.07, 6.45) is 3.11. The third-order valence-electron chi connectivity index (χ3n) is 3.28. The standard InChI is InChI=1S/C17H24N2OS/c1-3-10-18-15(12-16-13-21-14(2)19-16)9-11-20-17-7-5-4-6-8-17/h4-8,13,15,18H,3,9-12H2,1-2H3. The SMILES string of the molecule is CCCNC(CCOc1ccccc1)Cc1csc(C)n1. The van der Waals surface area contributed by atoms with Crippen molar-refractivity contribution in [3.63, 3.8) is 0 Å². The molecule has 0 spiro atoms. The van der Waals surface area contributed by atoms with E-state index in [2.05, 4.69) is 29.5 Å². The molecule has 1 unspecified atom stereocenters. The molecule has 1 atom stereocenters. The second-order valence-corrected chi connectivity index (χ2v) is 6.23. The van der Waals surface area contributed by atoms with E-state index in [1.165, 1.54) is 5.69 Å². The average Bonchev–Trinajstić information content (AvgIpc) is 2.91. The van der Waals surface area contributed by atoms with Gasteiger partial charge in [0.05, 0.1) is 17.3 Å². The lowest BCUT2D eigenvalue weighted by Gasteiger charge is -2.18. The molecule has 114 valence electrons. The third-order valence-corrected chi connectivity index (χ3v) is 4.11. The van der Waals surface area contributed by atoms with Gasteiger partial charge in [-0.25, -0.2) is 4.98 Å². The number of thiazole rings is 1. The Balaban J connectivity index is 1.81. The van der Waals surface area contributed by atoms with Crippen LogP contribution < -0.4 is 10.1 Å². The number of benzene rings is 1. The molecular formula is C17H24N2OS. The molecule has 0 aliphatic carbocycles. The monoisotopic (exact) mass is 304 g/mol. The van der Waals surface area contributed by atoms with Gasteiger partial charge < -0.3 is 10.1 Å². The first kappa shape index (κ1) is 16.0. The van der Waals surface area contributed by atoms with E-state index < -0.39 is 0 Å². The average molecular weight is 304 g/mol. The smallest absolute Gasteiger partial charge is 0.119 e. The zero-order chi connectivity index (χ0) is 14.9. The van der Waals surface area contributed by atoms with Crippen LogP contribution in [0.5, 0.6) is 5.75 Å². The number of nitrogens with zero attached hydrogens (tertiary/aromatic N) is 1. The number of aryl methyl sites for hydroxylation is 1. The number of ether oxygens (including phenoxy) is 1. The molecule has 0 saturated heterocycles. The highest BCUT2D eigenvalue weighted by Gasteiger charge is 2.11. The molecule has 0 saturated carbocycles. The van der Waals surface area contributed by atoms with E-state index in [4.69, 9.17) is 4.74 Å². The number of hydrogen-bond donors (Lipinski definition) is 1. The summed E-state index contributed by atoms with van der Waals surface area (Å²) in [7, 11) is 0. The lowest BCUT2D eigenvalue weighted by atomic mass is 10.1. The largest absolute Gasteiger partial charge is 0.494 e. The minimum atomic E-state index is 0.426. The van der Waals surface area contributed by atoms with Crippen LogP contribution in [-0.4, -0.2) is 24.2 Å². The Kier molecular flexibility index (Phi) is 6.70. The van der Waals surface area contributed by atoms with Crippen molar-refractivity contribution >= 4 is 11.3 Å². The molecule has 1 heterocycles. The second kappa shape index (κ2) is 8.80. The van der Waals surface area contributed by atoms with Crippen molar-refractivity contribution in [3.05, 3.63) is 46.4 Å². The van der Waals surface area contributed by atoms with E-state index in [1.807, 2.05) is 30.3 Å². The topological polar surface area (TPSA) is 34.1 Å². The van der Waals surface area contributed by atoms with E-state index in [0.29, 0.717) is 6.04 Å². The van der Waals surface area contributed by atoms with Crippen molar-refractivity contribution < 1.29 is 4.74 Å². The minimum absolute atomic E-state index is 0.426. The molecule has 1 aromatic carbocycles. The highest BCUT2D eigenvalue weighted by molar-refractivity contribution is 7.09. The van der Waals surface area contributed by atoms with Gasteiger partial charge in [0.2, 0.25) is 0 Å². The van der Waals surface area contributed by atoms with Gasteiger partial charge in [-0.2, -0.15) is 0 Å². The Morgan fingerprint density at radius 2 is 2.10 bits per heavy atom. The number of aromatic nitrogens is 1. The van der Waals surface area contributed by atoms with Gasteiger partial charge in [0.25, 0.3) is 0 Å². The minimum Gasteiger partial charge on any atom is -0.494 e. The first-order chi connectivity index (χ1) is 10.3. The van der Waals surface area contributed by atoms with Gasteiger partial charge >= 0.3 is 0 Å². The maximum Gasteiger partial charge on any atom is 0.119 e. The van der Waals surface area contributed by atoms with Crippen LogP contribution in [0, 0.1) is 6.92 Å². The number of para-hydroxylation sites is 1. The van der Waals surface area contributed by atoms with Crippen molar-refractivity contribution in [1.82, 2.24) is 10.3 Å². The van der Waals surface area contributed by atoms with Gasteiger partial charge in [-0.05, 0) is 38.4 Å². The predicted octanol–water partition coefficient (Wildman–Crippen LogP) is 3.83. The number of rotatable bonds is 9. The summed E-state index contributed by atoms with van der Waals surface area (Å²) < 4.78 is 5.80. The maximum absolute atomic E-state index is 5.80.